The van der Waals surface area contributed by atoms with E-state index in [1.54, 1.807) is 13.8 Å². The molecule has 1 unspecified atom stereocenters. The Hall–Kier alpha value is -0.770. The molecule has 0 aromatic rings. The van der Waals surface area contributed by atoms with E-state index < -0.39 is 11.8 Å². The SMILES string of the molecule is CC1(C)NC(=O)NC1O. The van der Waals surface area contributed by atoms with Gasteiger partial charge in [-0.3, -0.25) is 0 Å². The molecule has 3 N–H and O–H groups in total. The smallest absolute Gasteiger partial charge is 0.317 e. The van der Waals surface area contributed by atoms with Gasteiger partial charge < -0.3 is 15.7 Å². The van der Waals surface area contributed by atoms with Crippen LogP contribution in [0.5, 0.6) is 0 Å². The van der Waals surface area contributed by atoms with Gasteiger partial charge in [0.05, 0.1) is 5.54 Å². The first-order valence-corrected chi connectivity index (χ1v) is 2.79. The highest BCUT2D eigenvalue weighted by Crippen LogP contribution is 2.10. The van der Waals surface area contributed by atoms with Crippen LogP contribution >= 0.6 is 0 Å². The first-order chi connectivity index (χ1) is 4.02. The van der Waals surface area contributed by atoms with E-state index in [0.717, 1.165) is 0 Å². The molecule has 1 atom stereocenters. The van der Waals surface area contributed by atoms with Gasteiger partial charge in [0.25, 0.3) is 0 Å². The fourth-order valence-corrected chi connectivity index (χ4v) is 0.702. The molecule has 4 nitrogen and oxygen atoms in total. The van der Waals surface area contributed by atoms with Gasteiger partial charge in [0.15, 0.2) is 6.23 Å². The van der Waals surface area contributed by atoms with Crippen molar-refractivity contribution in [2.75, 3.05) is 0 Å². The Morgan fingerprint density at radius 2 is 2.22 bits per heavy atom. The molecule has 1 heterocycles. The topological polar surface area (TPSA) is 61.4 Å². The van der Waals surface area contributed by atoms with Crippen LogP contribution in [0.2, 0.25) is 0 Å². The van der Waals surface area contributed by atoms with E-state index in [1.165, 1.54) is 0 Å². The lowest BCUT2D eigenvalue weighted by molar-refractivity contribution is 0.101. The lowest BCUT2D eigenvalue weighted by Crippen LogP contribution is -2.43. The molecule has 9 heavy (non-hydrogen) atoms. The van der Waals surface area contributed by atoms with Crippen LogP contribution in [0.3, 0.4) is 0 Å². The largest absolute Gasteiger partial charge is 0.371 e. The summed E-state index contributed by atoms with van der Waals surface area (Å²) in [5, 5.41) is 13.9. The van der Waals surface area contributed by atoms with E-state index in [-0.39, 0.29) is 6.03 Å². The molecule has 1 aliphatic rings. The quantitative estimate of drug-likeness (QED) is 0.410. The van der Waals surface area contributed by atoms with Gasteiger partial charge in [-0.05, 0) is 13.8 Å². The zero-order valence-electron chi connectivity index (χ0n) is 5.43. The number of hydrogen-bond acceptors (Lipinski definition) is 2. The zero-order valence-corrected chi connectivity index (χ0v) is 5.43. The van der Waals surface area contributed by atoms with Crippen molar-refractivity contribution < 1.29 is 9.90 Å². The van der Waals surface area contributed by atoms with Gasteiger partial charge in [-0.1, -0.05) is 0 Å². The third kappa shape index (κ3) is 0.977. The highest BCUT2D eigenvalue weighted by atomic mass is 16.3. The number of hydrogen-bond donors (Lipinski definition) is 3. The molecule has 0 bridgehead atoms. The normalized spacial score (nSPS) is 31.4. The number of carbonyl (C=O) groups excluding carboxylic acids is 1. The molecule has 0 aromatic heterocycles. The highest BCUT2D eigenvalue weighted by molar-refractivity contribution is 5.77. The summed E-state index contributed by atoms with van der Waals surface area (Å²) in [5.41, 5.74) is -0.531. The van der Waals surface area contributed by atoms with Crippen LogP contribution in [-0.2, 0) is 0 Å². The Labute approximate surface area is 53.2 Å². The average molecular weight is 130 g/mol. The second kappa shape index (κ2) is 1.60. The van der Waals surface area contributed by atoms with E-state index in [2.05, 4.69) is 10.6 Å². The van der Waals surface area contributed by atoms with Crippen molar-refractivity contribution >= 4 is 6.03 Å². The minimum atomic E-state index is -0.773. The maximum absolute atomic E-state index is 10.5. The molecule has 0 radical (unpaired) electrons. The molecule has 0 aromatic carbocycles. The Bertz CT molecular complexity index is 144. The molecule has 0 spiro atoms. The van der Waals surface area contributed by atoms with E-state index in [1.807, 2.05) is 0 Å². The van der Waals surface area contributed by atoms with Gasteiger partial charge in [-0.15, -0.1) is 0 Å². The third-order valence-electron chi connectivity index (χ3n) is 1.39. The summed E-state index contributed by atoms with van der Waals surface area (Å²) in [4.78, 5) is 10.5. The van der Waals surface area contributed by atoms with Gasteiger partial charge in [-0.25, -0.2) is 4.79 Å². The third-order valence-corrected chi connectivity index (χ3v) is 1.39. The number of amides is 2. The molecular formula is C5H10N2O2. The zero-order chi connectivity index (χ0) is 7.07. The minimum Gasteiger partial charge on any atom is -0.371 e. The first kappa shape index (κ1) is 6.35. The van der Waals surface area contributed by atoms with Crippen LogP contribution in [0.25, 0.3) is 0 Å². The maximum atomic E-state index is 10.5. The summed E-state index contributed by atoms with van der Waals surface area (Å²) in [5.74, 6) is 0. The summed E-state index contributed by atoms with van der Waals surface area (Å²) in [7, 11) is 0. The summed E-state index contributed by atoms with van der Waals surface area (Å²) < 4.78 is 0. The lowest BCUT2D eigenvalue weighted by atomic mass is 10.1. The number of urea groups is 1. The van der Waals surface area contributed by atoms with Crippen molar-refractivity contribution in [1.29, 1.82) is 0 Å². The summed E-state index contributed by atoms with van der Waals surface area (Å²) in [6, 6.07) is -0.312. The van der Waals surface area contributed by atoms with Crippen molar-refractivity contribution in [3.63, 3.8) is 0 Å². The summed E-state index contributed by atoms with van der Waals surface area (Å²) in [6.07, 6.45) is -0.773. The predicted octanol–water partition coefficient (Wildman–Crippen LogP) is -0.604. The van der Waals surface area contributed by atoms with E-state index in [4.69, 9.17) is 5.11 Å². The number of rotatable bonds is 0. The molecular weight excluding hydrogens is 120 g/mol. The fraction of sp³-hybridized carbons (Fsp3) is 0.800. The number of aliphatic hydroxyl groups is 1. The van der Waals surface area contributed by atoms with Crippen molar-refractivity contribution in [3.8, 4) is 0 Å². The van der Waals surface area contributed by atoms with Gasteiger partial charge in [0.1, 0.15) is 0 Å². The number of carbonyl (C=O) groups is 1. The molecule has 52 valence electrons. The number of aliphatic hydroxyl groups excluding tert-OH is 1. The van der Waals surface area contributed by atoms with Gasteiger partial charge >= 0.3 is 6.03 Å². The average Bonchev–Trinajstić information content (AvgIpc) is 1.79. The van der Waals surface area contributed by atoms with E-state index >= 15 is 0 Å². The molecule has 2 amide bonds. The van der Waals surface area contributed by atoms with Crippen LogP contribution in [0.1, 0.15) is 13.8 Å². The highest BCUT2D eigenvalue weighted by Gasteiger charge is 2.36. The Kier molecular flexibility index (Phi) is 1.13. The van der Waals surface area contributed by atoms with Gasteiger partial charge in [0.2, 0.25) is 0 Å². The van der Waals surface area contributed by atoms with Crippen LogP contribution in [0.15, 0.2) is 0 Å². The second-order valence-electron chi connectivity index (χ2n) is 2.72. The van der Waals surface area contributed by atoms with Crippen molar-refractivity contribution in [2.45, 2.75) is 25.6 Å². The standard InChI is InChI=1S/C5H10N2O2/c1-5(2)3(8)6-4(9)7-5/h3,8H,1-2H3,(H2,6,7,9). The first-order valence-electron chi connectivity index (χ1n) is 2.79. The lowest BCUT2D eigenvalue weighted by Gasteiger charge is -2.19. The summed E-state index contributed by atoms with van der Waals surface area (Å²) in [6.45, 7) is 3.49. The molecule has 1 rings (SSSR count). The van der Waals surface area contributed by atoms with Crippen LogP contribution < -0.4 is 10.6 Å². The Balaban J connectivity index is 2.69. The molecule has 0 saturated carbocycles. The second-order valence-corrected chi connectivity index (χ2v) is 2.72. The van der Waals surface area contributed by atoms with Crippen molar-refractivity contribution in [2.24, 2.45) is 0 Å². The Morgan fingerprint density at radius 1 is 1.67 bits per heavy atom. The van der Waals surface area contributed by atoms with Crippen LogP contribution in [0, 0.1) is 0 Å². The van der Waals surface area contributed by atoms with Crippen LogP contribution in [0.4, 0.5) is 4.79 Å². The summed E-state index contributed by atoms with van der Waals surface area (Å²) >= 11 is 0. The van der Waals surface area contributed by atoms with Gasteiger partial charge in [-0.2, -0.15) is 0 Å². The molecule has 4 heteroatoms. The van der Waals surface area contributed by atoms with E-state index in [9.17, 15) is 4.79 Å². The van der Waals surface area contributed by atoms with Gasteiger partial charge in [0, 0.05) is 0 Å². The molecule has 1 fully saturated rings. The molecule has 1 saturated heterocycles. The predicted molar refractivity (Wildman–Crippen MR) is 31.8 cm³/mol. The molecule has 1 aliphatic heterocycles. The number of nitrogens with one attached hydrogen (secondary N) is 2. The Morgan fingerprint density at radius 3 is 2.33 bits per heavy atom. The monoisotopic (exact) mass is 130 g/mol. The minimum absolute atomic E-state index is 0.312. The fourth-order valence-electron chi connectivity index (χ4n) is 0.702. The maximum Gasteiger partial charge on any atom is 0.317 e. The molecule has 0 aliphatic carbocycles. The van der Waals surface area contributed by atoms with Crippen molar-refractivity contribution in [3.05, 3.63) is 0 Å². The van der Waals surface area contributed by atoms with Crippen LogP contribution in [-0.4, -0.2) is 22.9 Å². The van der Waals surface area contributed by atoms with Crippen molar-refractivity contribution in [1.82, 2.24) is 10.6 Å². The van der Waals surface area contributed by atoms with E-state index in [0.29, 0.717) is 0 Å².